The van der Waals surface area contributed by atoms with Gasteiger partial charge in [0.1, 0.15) is 5.75 Å². The molecule has 0 heterocycles. The van der Waals surface area contributed by atoms with Gasteiger partial charge in [-0.25, -0.2) is 5.43 Å². The highest BCUT2D eigenvalue weighted by Gasteiger charge is 2.07. The first kappa shape index (κ1) is 19.9. The third kappa shape index (κ3) is 7.15. The molecule has 0 spiro atoms. The van der Waals surface area contributed by atoms with E-state index >= 15 is 0 Å². The lowest BCUT2D eigenvalue weighted by Gasteiger charge is -2.09. The summed E-state index contributed by atoms with van der Waals surface area (Å²) in [6.45, 7) is 5.21. The van der Waals surface area contributed by atoms with Crippen LogP contribution in [-0.4, -0.2) is 24.1 Å². The lowest BCUT2D eigenvalue weighted by atomic mass is 10.1. The molecule has 0 aromatic heterocycles. The molecule has 6 heteroatoms. The van der Waals surface area contributed by atoms with Crippen LogP contribution in [0.3, 0.4) is 0 Å². The molecular weight excluding hydrogens is 342 g/mol. The maximum atomic E-state index is 11.9. The highest BCUT2D eigenvalue weighted by molar-refractivity contribution is 6.05. The van der Waals surface area contributed by atoms with Gasteiger partial charge in [0.2, 0.25) is 5.91 Å². The molecule has 2 amide bonds. The molecule has 0 fully saturated rings. The normalized spacial score (nSPS) is 10.8. The van der Waals surface area contributed by atoms with Gasteiger partial charge < -0.3 is 10.1 Å². The molecule has 0 radical (unpaired) electrons. The second-order valence-electron chi connectivity index (χ2n) is 5.86. The van der Waals surface area contributed by atoms with Crippen LogP contribution in [0.5, 0.6) is 5.75 Å². The summed E-state index contributed by atoms with van der Waals surface area (Å²) in [4.78, 5) is 23.8. The number of ether oxygens (including phenoxy) is 1. The molecule has 2 aromatic carbocycles. The molecule has 6 nitrogen and oxygen atoms in total. The fourth-order valence-electron chi connectivity index (χ4n) is 2.30. The molecular formula is C21H23N3O3. The number of hydrogen-bond donors (Lipinski definition) is 2. The zero-order chi connectivity index (χ0) is 19.5. The number of nitrogens with zero attached hydrogens (tertiary/aromatic N) is 1. The Balaban J connectivity index is 1.78. The van der Waals surface area contributed by atoms with Gasteiger partial charge in [-0.15, -0.1) is 6.58 Å². The Morgan fingerprint density at radius 1 is 1.07 bits per heavy atom. The topological polar surface area (TPSA) is 79.8 Å². The highest BCUT2D eigenvalue weighted by atomic mass is 16.5. The number of carbonyl (C=O) groups excluding carboxylic acids is 2. The van der Waals surface area contributed by atoms with Gasteiger partial charge in [0.15, 0.2) is 6.61 Å². The Bertz CT molecular complexity index is 816. The van der Waals surface area contributed by atoms with Crippen molar-refractivity contribution in [2.75, 3.05) is 11.9 Å². The summed E-state index contributed by atoms with van der Waals surface area (Å²) in [7, 11) is 0. The van der Waals surface area contributed by atoms with E-state index in [9.17, 15) is 9.59 Å². The number of para-hydroxylation sites is 2. The van der Waals surface area contributed by atoms with E-state index in [1.165, 1.54) is 0 Å². The van der Waals surface area contributed by atoms with Gasteiger partial charge >= 0.3 is 0 Å². The molecule has 27 heavy (non-hydrogen) atoms. The van der Waals surface area contributed by atoms with Crippen LogP contribution in [0.2, 0.25) is 0 Å². The number of hydrogen-bond acceptors (Lipinski definition) is 4. The smallest absolute Gasteiger partial charge is 0.277 e. The quantitative estimate of drug-likeness (QED) is 0.406. The largest absolute Gasteiger partial charge is 0.483 e. The van der Waals surface area contributed by atoms with Gasteiger partial charge in [0.25, 0.3) is 5.91 Å². The van der Waals surface area contributed by atoms with Crippen molar-refractivity contribution in [3.63, 3.8) is 0 Å². The van der Waals surface area contributed by atoms with Crippen LogP contribution in [0.15, 0.2) is 72.4 Å². The van der Waals surface area contributed by atoms with Crippen LogP contribution in [-0.2, 0) is 16.0 Å². The van der Waals surface area contributed by atoms with Crippen LogP contribution >= 0.6 is 0 Å². The summed E-state index contributed by atoms with van der Waals surface area (Å²) in [6, 6.07) is 16.6. The second kappa shape index (κ2) is 10.6. The lowest BCUT2D eigenvalue weighted by Crippen LogP contribution is -2.26. The van der Waals surface area contributed by atoms with Crippen LogP contribution < -0.4 is 15.5 Å². The average Bonchev–Trinajstić information content (AvgIpc) is 2.66. The number of nitrogens with one attached hydrogen (secondary N) is 2. The molecule has 0 aliphatic rings. The standard InChI is InChI=1S/C21H23N3O3/c1-3-9-17-10-7-8-13-19(17)27-15-21(26)24-23-16(2)14-20(25)22-18-11-5-4-6-12-18/h3-8,10-13H,1,9,14-15H2,2H3,(H,22,25)(H,24,26)/b23-16-. The van der Waals surface area contributed by atoms with E-state index in [0.717, 1.165) is 5.56 Å². The van der Waals surface area contributed by atoms with Gasteiger partial charge in [-0.3, -0.25) is 9.59 Å². The van der Waals surface area contributed by atoms with Crippen molar-refractivity contribution in [1.82, 2.24) is 5.43 Å². The zero-order valence-electron chi connectivity index (χ0n) is 15.3. The molecule has 0 unspecified atom stereocenters. The summed E-state index contributed by atoms with van der Waals surface area (Å²) in [5, 5.41) is 6.70. The first-order chi connectivity index (χ1) is 13.1. The Morgan fingerprint density at radius 3 is 2.52 bits per heavy atom. The first-order valence-corrected chi connectivity index (χ1v) is 8.57. The Kier molecular flexibility index (Phi) is 7.78. The molecule has 140 valence electrons. The number of carbonyl (C=O) groups is 2. The number of hydrazone groups is 1. The first-order valence-electron chi connectivity index (χ1n) is 8.57. The van der Waals surface area contributed by atoms with Gasteiger partial charge in [-0.05, 0) is 37.1 Å². The van der Waals surface area contributed by atoms with E-state index < -0.39 is 5.91 Å². The van der Waals surface area contributed by atoms with Crippen LogP contribution in [0.4, 0.5) is 5.69 Å². The number of benzene rings is 2. The number of rotatable bonds is 9. The fourth-order valence-corrected chi connectivity index (χ4v) is 2.30. The van der Waals surface area contributed by atoms with Gasteiger partial charge in [-0.1, -0.05) is 42.5 Å². The van der Waals surface area contributed by atoms with Gasteiger partial charge in [-0.2, -0.15) is 5.10 Å². The second-order valence-corrected chi connectivity index (χ2v) is 5.86. The lowest BCUT2D eigenvalue weighted by molar-refractivity contribution is -0.123. The minimum absolute atomic E-state index is 0.0815. The minimum Gasteiger partial charge on any atom is -0.483 e. The Hall–Kier alpha value is -3.41. The summed E-state index contributed by atoms with van der Waals surface area (Å²) in [5.74, 6) is 0.0352. The highest BCUT2D eigenvalue weighted by Crippen LogP contribution is 2.18. The molecule has 0 atom stereocenters. The van der Waals surface area contributed by atoms with E-state index in [1.807, 2.05) is 36.4 Å². The van der Waals surface area contributed by atoms with E-state index in [1.54, 1.807) is 31.2 Å². The number of amides is 2. The maximum Gasteiger partial charge on any atom is 0.277 e. The molecule has 0 aliphatic carbocycles. The van der Waals surface area contributed by atoms with Crippen LogP contribution in [0.1, 0.15) is 18.9 Å². The van der Waals surface area contributed by atoms with Crippen molar-refractivity contribution in [2.24, 2.45) is 5.10 Å². The van der Waals surface area contributed by atoms with Gasteiger partial charge in [0, 0.05) is 11.4 Å². The van der Waals surface area contributed by atoms with Crippen LogP contribution in [0, 0.1) is 0 Å². The van der Waals surface area contributed by atoms with E-state index in [-0.39, 0.29) is 18.9 Å². The van der Waals surface area contributed by atoms with Crippen molar-refractivity contribution in [1.29, 1.82) is 0 Å². The third-order valence-electron chi connectivity index (χ3n) is 3.54. The van der Waals surface area contributed by atoms with Crippen molar-refractivity contribution in [3.05, 3.63) is 72.8 Å². The SMILES string of the molecule is C=CCc1ccccc1OCC(=O)N/N=C(/C)CC(=O)Nc1ccccc1. The van der Waals surface area contributed by atoms with Crippen molar-refractivity contribution < 1.29 is 14.3 Å². The van der Waals surface area contributed by atoms with E-state index in [4.69, 9.17) is 4.74 Å². The van der Waals surface area contributed by atoms with Crippen molar-refractivity contribution in [3.8, 4) is 5.75 Å². The summed E-state index contributed by atoms with van der Waals surface area (Å²) >= 11 is 0. The van der Waals surface area contributed by atoms with Gasteiger partial charge in [0.05, 0.1) is 6.42 Å². The average molecular weight is 365 g/mol. The molecule has 2 aromatic rings. The van der Waals surface area contributed by atoms with Crippen LogP contribution in [0.25, 0.3) is 0 Å². The monoisotopic (exact) mass is 365 g/mol. The predicted molar refractivity (Wildman–Crippen MR) is 107 cm³/mol. The molecule has 2 rings (SSSR count). The van der Waals surface area contributed by atoms with Crippen molar-refractivity contribution in [2.45, 2.75) is 19.8 Å². The maximum absolute atomic E-state index is 11.9. The molecule has 0 saturated heterocycles. The Labute approximate surface area is 158 Å². The molecule has 0 aliphatic heterocycles. The number of anilines is 1. The van der Waals surface area contributed by atoms with E-state index in [0.29, 0.717) is 23.6 Å². The predicted octanol–water partition coefficient (Wildman–Crippen LogP) is 3.31. The van der Waals surface area contributed by atoms with Crippen molar-refractivity contribution >= 4 is 23.2 Å². The molecule has 0 bridgehead atoms. The zero-order valence-corrected chi connectivity index (χ0v) is 15.3. The fraction of sp³-hybridized carbons (Fsp3) is 0.190. The minimum atomic E-state index is -0.397. The summed E-state index contributed by atoms with van der Waals surface area (Å²) < 4.78 is 5.54. The summed E-state index contributed by atoms with van der Waals surface area (Å²) in [5.41, 5.74) is 4.56. The third-order valence-corrected chi connectivity index (χ3v) is 3.54. The molecule has 2 N–H and O–H groups in total. The Morgan fingerprint density at radius 2 is 1.78 bits per heavy atom. The number of allylic oxidation sites excluding steroid dienone is 1. The molecule has 0 saturated carbocycles. The summed E-state index contributed by atoms with van der Waals surface area (Å²) in [6.07, 6.45) is 2.51. The van der Waals surface area contributed by atoms with E-state index in [2.05, 4.69) is 22.4 Å².